The van der Waals surface area contributed by atoms with Crippen molar-refractivity contribution in [1.29, 1.82) is 0 Å². The summed E-state index contributed by atoms with van der Waals surface area (Å²) in [5.74, 6) is -12.8. The van der Waals surface area contributed by atoms with Crippen LogP contribution in [0.4, 0.5) is 54.5 Å². The van der Waals surface area contributed by atoms with Crippen LogP contribution in [0.3, 0.4) is 0 Å². The Balaban J connectivity index is 1.41. The van der Waals surface area contributed by atoms with E-state index in [1.165, 1.54) is 32.0 Å². The minimum atomic E-state index is -5.25. The Kier molecular flexibility index (Phi) is 18.5. The molecule has 35 heteroatoms. The maximum Gasteiger partial charge on any atom is 0.472 e. The second-order valence-electron chi connectivity index (χ2n) is 21.8. The fraction of sp³-hybridized carbons (Fsp3) is 0.500. The number of carbonyl (C=O) groups excluding carboxylic acids is 3. The van der Waals surface area contributed by atoms with Gasteiger partial charge in [0.15, 0.2) is 27.6 Å². The van der Waals surface area contributed by atoms with Crippen molar-refractivity contribution >= 4 is 73.9 Å². The first kappa shape index (κ1) is 66.6. The van der Waals surface area contributed by atoms with Gasteiger partial charge in [-0.1, -0.05) is 49.7 Å². The van der Waals surface area contributed by atoms with Crippen molar-refractivity contribution in [3.63, 3.8) is 0 Å². The van der Waals surface area contributed by atoms with Gasteiger partial charge in [-0.2, -0.15) is 49.6 Å². The van der Waals surface area contributed by atoms with E-state index in [1.54, 1.807) is 0 Å². The van der Waals surface area contributed by atoms with Crippen LogP contribution < -0.4 is 9.62 Å². The van der Waals surface area contributed by atoms with E-state index in [-0.39, 0.29) is 60.7 Å². The lowest BCUT2D eigenvalue weighted by atomic mass is 9.87. The smallest absolute Gasteiger partial charge is 0.422 e. The van der Waals surface area contributed by atoms with Crippen molar-refractivity contribution in [3.8, 4) is 11.1 Å². The number of nitrogens with one attached hydrogen (secondary N) is 1. The van der Waals surface area contributed by atoms with Gasteiger partial charge in [-0.25, -0.2) is 39.5 Å². The fourth-order valence-corrected chi connectivity index (χ4v) is 11.8. The average Bonchev–Trinajstić information content (AvgIpc) is 1.53. The van der Waals surface area contributed by atoms with Gasteiger partial charge in [0.25, 0.3) is 5.92 Å². The highest BCUT2D eigenvalue weighted by atomic mass is 35.5. The van der Waals surface area contributed by atoms with Crippen LogP contribution in [0, 0.1) is 23.0 Å². The standard InChI is InChI=1S/C50H55ClF10N7O14PS2/c1-46(2,13-14-65(22-37(70)71)45(73)81-24-82-83(74,75)76)44(72)68(85(6,79)80)43-39-34(51)10-9-30(40(39)67(64-43)23-48(54,55)56)29-8-7-25(11-12-47(3,4)84(5,77)78)17-31(29)35(18-26-15-27(52)19-28(53)16-26)62-36(69)21-66-42-38(41(63-66)50(59,60)61)32-20-33(32)49(42,57)58/h7-10,15-17,19,32-33,35,37,70-71H,11-14,18,20-24H2,1-6H3,(H,62,69)(H2,74,75,76)/t32-,33?,35-/m0/s1. The monoisotopic (exact) mass is 1300 g/mol. The molecule has 3 aromatic carbocycles. The number of aromatic nitrogens is 4. The molecule has 1 unspecified atom stereocenters. The number of ether oxygens (including phenoxy) is 1. The maximum absolute atomic E-state index is 15.7. The quantitative estimate of drug-likeness (QED) is 0.0235. The Morgan fingerprint density at radius 3 is 2.08 bits per heavy atom. The summed E-state index contributed by atoms with van der Waals surface area (Å²) in [5.41, 5.74) is -7.13. The third-order valence-electron chi connectivity index (χ3n) is 14.5. The van der Waals surface area contributed by atoms with E-state index in [1.807, 2.05) is 0 Å². The van der Waals surface area contributed by atoms with E-state index < -0.39 is 194 Å². The van der Waals surface area contributed by atoms with E-state index in [4.69, 9.17) is 21.4 Å². The Bertz CT molecular complexity index is 3710. The third kappa shape index (κ3) is 15.1. The highest BCUT2D eigenvalue weighted by molar-refractivity contribution is 7.93. The number of anilines is 1. The number of sulfone groups is 1. The second-order valence-corrected chi connectivity index (χ2v) is 28.0. The number of amides is 3. The Morgan fingerprint density at radius 1 is 0.894 bits per heavy atom. The largest absolute Gasteiger partial charge is 0.472 e. The molecule has 0 aliphatic heterocycles. The zero-order valence-corrected chi connectivity index (χ0v) is 48.8. The van der Waals surface area contributed by atoms with Crippen LogP contribution in [0.2, 0.25) is 5.02 Å². The molecule has 1 fully saturated rings. The maximum atomic E-state index is 15.7. The molecule has 2 aliphatic carbocycles. The van der Waals surface area contributed by atoms with Gasteiger partial charge in [0.1, 0.15) is 30.4 Å². The summed E-state index contributed by atoms with van der Waals surface area (Å²) in [6, 6.07) is 6.48. The first-order valence-electron chi connectivity index (χ1n) is 25.2. The number of aliphatic hydroxyl groups is 2. The summed E-state index contributed by atoms with van der Waals surface area (Å²) in [6.07, 6.45) is -14.7. The Hall–Kier alpha value is -5.93. The topological polar surface area (TPSA) is 290 Å². The number of halogens is 11. The number of fused-ring (bicyclic) bond motifs is 4. The van der Waals surface area contributed by atoms with Gasteiger partial charge < -0.3 is 35.0 Å². The number of aliphatic hydroxyl groups excluding tert-OH is 1. The van der Waals surface area contributed by atoms with E-state index in [2.05, 4.69) is 24.8 Å². The number of nitrogens with zero attached hydrogens (tertiary/aromatic N) is 6. The van der Waals surface area contributed by atoms with E-state index in [0.29, 0.717) is 17.2 Å². The molecule has 3 atom stereocenters. The normalized spacial score (nSPS) is 16.8. The molecule has 0 radical (unpaired) electrons. The number of alkyl halides is 8. The van der Waals surface area contributed by atoms with Crippen LogP contribution in [0.5, 0.6) is 0 Å². The SMILES string of the molecule is CC(C)(CCN(CC(O)O)C(=O)OCOP(=O)(O)O)C(=O)N(c1nn(CC(F)(F)F)c2c(-c3ccc(CCC(C)(C)S(C)(=O)=O)cc3[C@H](Cc3cc(F)cc(F)c3)NC(=O)Cn3nc(C(F)(F)F)c4c3C(F)(F)C3C[C@H]43)ccc(Cl)c12)S(C)(=O)=O. The number of benzene rings is 3. The van der Waals surface area contributed by atoms with Crippen molar-refractivity contribution in [1.82, 2.24) is 29.8 Å². The van der Waals surface area contributed by atoms with Gasteiger partial charge in [0.05, 0.1) is 39.5 Å². The number of aryl methyl sites for hydroxylation is 1. The van der Waals surface area contributed by atoms with Crippen LogP contribution >= 0.6 is 19.4 Å². The predicted octanol–water partition coefficient (Wildman–Crippen LogP) is 8.00. The van der Waals surface area contributed by atoms with Crippen LogP contribution in [0.25, 0.3) is 22.0 Å². The summed E-state index contributed by atoms with van der Waals surface area (Å²) in [4.78, 5) is 60.4. The highest BCUT2D eigenvalue weighted by Gasteiger charge is 2.68. The molecule has 2 aliphatic rings. The molecule has 5 N–H and O–H groups in total. The summed E-state index contributed by atoms with van der Waals surface area (Å²) >= 11 is 6.77. The lowest BCUT2D eigenvalue weighted by molar-refractivity contribution is -0.143. The minimum Gasteiger partial charge on any atom is -0.422 e. The first-order chi connectivity index (χ1) is 38.8. The highest BCUT2D eigenvalue weighted by Crippen LogP contribution is 2.68. The molecule has 0 saturated heterocycles. The number of carbonyl (C=O) groups is 3. The van der Waals surface area contributed by atoms with Crippen molar-refractivity contribution in [2.75, 3.05) is 36.7 Å². The molecule has 2 heterocycles. The molecule has 7 rings (SSSR count). The minimum absolute atomic E-state index is 0.00752. The summed E-state index contributed by atoms with van der Waals surface area (Å²) in [6.45, 7) is -1.39. The molecule has 21 nitrogen and oxygen atoms in total. The lowest BCUT2D eigenvalue weighted by Crippen LogP contribution is -2.47. The van der Waals surface area contributed by atoms with Gasteiger partial charge in [0.2, 0.25) is 28.6 Å². The fourth-order valence-electron chi connectivity index (χ4n) is 9.90. The van der Waals surface area contributed by atoms with Crippen LogP contribution in [0.15, 0.2) is 48.5 Å². The number of rotatable bonds is 23. The first-order valence-corrected chi connectivity index (χ1v) is 30.9. The number of hydrogen-bond acceptors (Lipinski definition) is 14. The molecule has 1 saturated carbocycles. The van der Waals surface area contributed by atoms with Gasteiger partial charge in [0, 0.05) is 41.3 Å². The zero-order valence-electron chi connectivity index (χ0n) is 45.5. The van der Waals surface area contributed by atoms with Gasteiger partial charge in [-0.3, -0.25) is 19.0 Å². The molecule has 468 valence electrons. The Labute approximate surface area is 483 Å². The number of sulfonamides is 1. The van der Waals surface area contributed by atoms with Crippen molar-refractivity contribution < 1.29 is 109 Å². The molecule has 3 amide bonds. The number of phosphoric acid groups is 1. The van der Waals surface area contributed by atoms with Crippen LogP contribution in [-0.4, -0.2) is 129 Å². The molecule has 85 heavy (non-hydrogen) atoms. The van der Waals surface area contributed by atoms with E-state index in [0.717, 1.165) is 44.4 Å². The predicted molar refractivity (Wildman–Crippen MR) is 281 cm³/mol. The summed E-state index contributed by atoms with van der Waals surface area (Å²) < 4.78 is 221. The third-order valence-corrected chi connectivity index (χ3v) is 18.5. The van der Waals surface area contributed by atoms with Gasteiger partial charge in [-0.05, 0) is 92.3 Å². The molecular weight excluding hydrogens is 1240 g/mol. The number of phosphoric ester groups is 1. The summed E-state index contributed by atoms with van der Waals surface area (Å²) in [5, 5.41) is 28.1. The van der Waals surface area contributed by atoms with Crippen molar-refractivity contribution in [3.05, 3.63) is 98.8 Å². The van der Waals surface area contributed by atoms with Gasteiger partial charge in [-0.15, -0.1) is 0 Å². The zero-order chi connectivity index (χ0) is 63.7. The van der Waals surface area contributed by atoms with Gasteiger partial charge >= 0.3 is 26.3 Å². The Morgan fingerprint density at radius 2 is 1.52 bits per heavy atom. The lowest BCUT2D eigenvalue weighted by Gasteiger charge is -2.32. The van der Waals surface area contributed by atoms with Crippen molar-refractivity contribution in [2.45, 2.75) is 114 Å². The molecule has 0 bridgehead atoms. The molecule has 2 aromatic heterocycles. The average molecular weight is 1300 g/mol. The second kappa shape index (κ2) is 23.6. The van der Waals surface area contributed by atoms with Crippen LogP contribution in [0.1, 0.15) is 92.6 Å². The summed E-state index contributed by atoms with van der Waals surface area (Å²) in [7, 11) is -14.0. The van der Waals surface area contributed by atoms with Crippen molar-refractivity contribution in [2.24, 2.45) is 11.3 Å². The number of hydrogen-bond donors (Lipinski definition) is 5. The van der Waals surface area contributed by atoms with E-state index in [9.17, 15) is 81.1 Å². The van der Waals surface area contributed by atoms with E-state index >= 15 is 8.78 Å². The molecule has 5 aromatic rings. The molecular formula is C50H55ClF10N7O14PS2. The molecule has 0 spiro atoms. The van der Waals surface area contributed by atoms with Crippen LogP contribution in [-0.2, 0) is 81.3 Å².